The number of rotatable bonds is 2. The highest BCUT2D eigenvalue weighted by molar-refractivity contribution is 5.94. The van der Waals surface area contributed by atoms with Gasteiger partial charge in [-0.1, -0.05) is 18.2 Å². The van der Waals surface area contributed by atoms with Gasteiger partial charge in [-0.05, 0) is 19.9 Å². The average Bonchev–Trinajstić information content (AvgIpc) is 2.86. The Labute approximate surface area is 104 Å². The van der Waals surface area contributed by atoms with Crippen LogP contribution >= 0.6 is 0 Å². The molecule has 1 aliphatic rings. The predicted molar refractivity (Wildman–Crippen MR) is 63.5 cm³/mol. The van der Waals surface area contributed by atoms with Gasteiger partial charge in [-0.15, -0.1) is 10.2 Å². The van der Waals surface area contributed by atoms with E-state index in [1.54, 1.807) is 10.7 Å². The van der Waals surface area contributed by atoms with Crippen molar-refractivity contribution in [1.29, 1.82) is 0 Å². The molecule has 0 radical (unpaired) electrons. The quantitative estimate of drug-likeness (QED) is 0.806. The Kier molecular flexibility index (Phi) is 2.29. The summed E-state index contributed by atoms with van der Waals surface area (Å²) < 4.78 is 7.00. The average molecular weight is 244 g/mol. The first kappa shape index (κ1) is 10.8. The second-order valence-electron chi connectivity index (χ2n) is 4.13. The van der Waals surface area contributed by atoms with Crippen LogP contribution in [0.1, 0.15) is 33.8 Å². The number of benzene rings is 1. The third-order valence-corrected chi connectivity index (χ3v) is 2.92. The molecule has 3 rings (SSSR count). The molecule has 1 aromatic carbocycles. The van der Waals surface area contributed by atoms with E-state index in [2.05, 4.69) is 15.6 Å². The zero-order chi connectivity index (χ0) is 12.7. The first-order valence-corrected chi connectivity index (χ1v) is 5.62. The zero-order valence-electron chi connectivity index (χ0n) is 10.0. The number of hydrogen-bond donors (Lipinski definition) is 1. The lowest BCUT2D eigenvalue weighted by Gasteiger charge is -2.16. The molecule has 0 fully saturated rings. The van der Waals surface area contributed by atoms with Crippen LogP contribution in [0.4, 0.5) is 0 Å². The number of hydrogen-bond acceptors (Lipinski definition) is 5. The monoisotopic (exact) mass is 244 g/mol. The zero-order valence-corrected chi connectivity index (χ0v) is 10.0. The third-order valence-electron chi connectivity index (χ3n) is 2.92. The standard InChI is InChI=1S/C12H12N4O2/c1-7-13-14-8(2)16(7)15-11-9-5-3-4-6-10(9)12(17)18-11/h3-6,11,15H,1-2H3/t11-/m0/s1. The van der Waals surface area contributed by atoms with Crippen LogP contribution in [-0.4, -0.2) is 20.8 Å². The van der Waals surface area contributed by atoms with Gasteiger partial charge in [-0.3, -0.25) is 5.43 Å². The van der Waals surface area contributed by atoms with Gasteiger partial charge in [0, 0.05) is 5.56 Å². The normalized spacial score (nSPS) is 17.4. The summed E-state index contributed by atoms with van der Waals surface area (Å²) >= 11 is 0. The maximum Gasteiger partial charge on any atom is 0.340 e. The number of carbonyl (C=O) groups excluding carboxylic acids is 1. The van der Waals surface area contributed by atoms with E-state index >= 15 is 0 Å². The van der Waals surface area contributed by atoms with Crippen molar-refractivity contribution in [2.45, 2.75) is 20.1 Å². The van der Waals surface area contributed by atoms with E-state index in [-0.39, 0.29) is 5.97 Å². The van der Waals surface area contributed by atoms with Crippen molar-refractivity contribution < 1.29 is 9.53 Å². The van der Waals surface area contributed by atoms with Gasteiger partial charge in [-0.2, -0.15) is 0 Å². The summed E-state index contributed by atoms with van der Waals surface area (Å²) in [4.78, 5) is 11.7. The molecule has 92 valence electrons. The summed E-state index contributed by atoms with van der Waals surface area (Å²) in [6.45, 7) is 3.66. The summed E-state index contributed by atoms with van der Waals surface area (Å²) in [6, 6.07) is 7.32. The molecule has 0 saturated carbocycles. The molecule has 2 heterocycles. The molecule has 1 atom stereocenters. The molecule has 0 bridgehead atoms. The SMILES string of the molecule is Cc1nnc(C)n1N[C@H]1OC(=O)c2ccccc21. The van der Waals surface area contributed by atoms with Crippen LogP contribution in [-0.2, 0) is 4.74 Å². The van der Waals surface area contributed by atoms with Gasteiger partial charge in [0.05, 0.1) is 5.56 Å². The lowest BCUT2D eigenvalue weighted by Crippen LogP contribution is -2.23. The maximum absolute atomic E-state index is 11.7. The highest BCUT2D eigenvalue weighted by Gasteiger charge is 2.31. The minimum absolute atomic E-state index is 0.313. The number of cyclic esters (lactones) is 1. The highest BCUT2D eigenvalue weighted by Crippen LogP contribution is 2.29. The topological polar surface area (TPSA) is 69.0 Å². The number of aryl methyl sites for hydroxylation is 2. The van der Waals surface area contributed by atoms with Gasteiger partial charge in [0.1, 0.15) is 11.6 Å². The van der Waals surface area contributed by atoms with Crippen molar-refractivity contribution in [3.8, 4) is 0 Å². The molecule has 6 heteroatoms. The predicted octanol–water partition coefficient (Wildman–Crippen LogP) is 1.31. The number of nitrogens with zero attached hydrogens (tertiary/aromatic N) is 3. The van der Waals surface area contributed by atoms with E-state index in [9.17, 15) is 4.79 Å². The summed E-state index contributed by atoms with van der Waals surface area (Å²) in [7, 11) is 0. The van der Waals surface area contributed by atoms with Gasteiger partial charge in [0.2, 0.25) is 6.23 Å². The Bertz CT molecular complexity index is 601. The summed E-state index contributed by atoms with van der Waals surface area (Å²) in [5.41, 5.74) is 4.52. The van der Waals surface area contributed by atoms with Crippen LogP contribution in [0.2, 0.25) is 0 Å². The van der Waals surface area contributed by atoms with Crippen LogP contribution in [0.5, 0.6) is 0 Å². The van der Waals surface area contributed by atoms with Gasteiger partial charge in [-0.25, -0.2) is 9.47 Å². The van der Waals surface area contributed by atoms with Gasteiger partial charge < -0.3 is 4.74 Å². The number of aromatic nitrogens is 3. The molecule has 1 N–H and O–H groups in total. The second-order valence-corrected chi connectivity index (χ2v) is 4.13. The first-order valence-electron chi connectivity index (χ1n) is 5.62. The van der Waals surface area contributed by atoms with Crippen LogP contribution in [0.3, 0.4) is 0 Å². The van der Waals surface area contributed by atoms with Crippen molar-refractivity contribution in [2.75, 3.05) is 5.43 Å². The Morgan fingerprint density at radius 1 is 1.22 bits per heavy atom. The fourth-order valence-corrected chi connectivity index (χ4v) is 2.01. The van der Waals surface area contributed by atoms with Crippen molar-refractivity contribution >= 4 is 5.97 Å². The van der Waals surface area contributed by atoms with Crippen molar-refractivity contribution in [3.63, 3.8) is 0 Å². The lowest BCUT2D eigenvalue weighted by molar-refractivity contribution is 0.0413. The summed E-state index contributed by atoms with van der Waals surface area (Å²) in [6.07, 6.45) is -0.498. The van der Waals surface area contributed by atoms with Crippen LogP contribution in [0.25, 0.3) is 0 Å². The molecule has 6 nitrogen and oxygen atoms in total. The Morgan fingerprint density at radius 3 is 2.61 bits per heavy atom. The largest absolute Gasteiger partial charge is 0.432 e. The van der Waals surface area contributed by atoms with E-state index in [0.717, 1.165) is 5.56 Å². The fourth-order valence-electron chi connectivity index (χ4n) is 2.01. The molecule has 0 aliphatic carbocycles. The van der Waals surface area contributed by atoms with Gasteiger partial charge in [0.25, 0.3) is 0 Å². The van der Waals surface area contributed by atoms with E-state index in [1.807, 2.05) is 32.0 Å². The molecule has 0 amide bonds. The maximum atomic E-state index is 11.7. The molecule has 1 aliphatic heterocycles. The van der Waals surface area contributed by atoms with E-state index in [1.165, 1.54) is 0 Å². The van der Waals surface area contributed by atoms with Gasteiger partial charge >= 0.3 is 5.97 Å². The molecule has 2 aromatic rings. The minimum Gasteiger partial charge on any atom is -0.432 e. The Balaban J connectivity index is 1.94. The fraction of sp³-hybridized carbons (Fsp3) is 0.250. The number of fused-ring (bicyclic) bond motifs is 1. The molecule has 0 saturated heterocycles. The summed E-state index contributed by atoms with van der Waals surface area (Å²) in [5, 5.41) is 7.89. The third kappa shape index (κ3) is 1.54. The Hall–Kier alpha value is -2.37. The molecular formula is C12H12N4O2. The molecule has 0 spiro atoms. The van der Waals surface area contributed by atoms with Crippen LogP contribution < -0.4 is 5.43 Å². The van der Waals surface area contributed by atoms with Gasteiger partial charge in [0.15, 0.2) is 0 Å². The first-order chi connectivity index (χ1) is 8.66. The summed E-state index contributed by atoms with van der Waals surface area (Å²) in [5.74, 6) is 1.12. The highest BCUT2D eigenvalue weighted by atomic mass is 16.6. The number of ether oxygens (including phenoxy) is 1. The second kappa shape index (κ2) is 3.83. The van der Waals surface area contributed by atoms with Crippen molar-refractivity contribution in [3.05, 3.63) is 47.0 Å². The smallest absolute Gasteiger partial charge is 0.340 e. The van der Waals surface area contributed by atoms with Crippen molar-refractivity contribution in [1.82, 2.24) is 14.9 Å². The number of nitrogens with one attached hydrogen (secondary N) is 1. The number of esters is 1. The van der Waals surface area contributed by atoms with Crippen LogP contribution in [0.15, 0.2) is 24.3 Å². The molecule has 1 aromatic heterocycles. The Morgan fingerprint density at radius 2 is 1.89 bits per heavy atom. The van der Waals surface area contributed by atoms with E-state index < -0.39 is 6.23 Å². The van der Waals surface area contributed by atoms with Crippen LogP contribution in [0, 0.1) is 13.8 Å². The minimum atomic E-state index is -0.498. The van der Waals surface area contributed by atoms with E-state index in [0.29, 0.717) is 17.2 Å². The molecular weight excluding hydrogens is 232 g/mol. The van der Waals surface area contributed by atoms with E-state index in [4.69, 9.17) is 4.74 Å². The van der Waals surface area contributed by atoms with Crippen molar-refractivity contribution in [2.24, 2.45) is 0 Å². The number of carbonyl (C=O) groups is 1. The molecule has 0 unspecified atom stereocenters. The lowest BCUT2D eigenvalue weighted by atomic mass is 10.1. The molecule has 18 heavy (non-hydrogen) atoms.